The van der Waals surface area contributed by atoms with Crippen molar-refractivity contribution >= 4 is 10.0 Å². The van der Waals surface area contributed by atoms with Crippen LogP contribution in [0.5, 0.6) is 0 Å². The van der Waals surface area contributed by atoms with E-state index in [0.29, 0.717) is 25.9 Å². The fourth-order valence-corrected chi connectivity index (χ4v) is 3.95. The third kappa shape index (κ3) is 2.81. The Labute approximate surface area is 122 Å². The van der Waals surface area contributed by atoms with Gasteiger partial charge in [0.25, 0.3) is 0 Å². The molecular formula is C13H15FN4O2S. The minimum Gasteiger partial charge on any atom is -0.207 e. The number of hydrogen-bond acceptors (Lipinski definition) is 4. The molecule has 1 aromatic heterocycles. The van der Waals surface area contributed by atoms with Crippen molar-refractivity contribution in [2.45, 2.75) is 23.8 Å². The maximum absolute atomic E-state index is 12.9. The predicted octanol–water partition coefficient (Wildman–Crippen LogP) is 1.44. The lowest BCUT2D eigenvalue weighted by Crippen LogP contribution is -2.39. The summed E-state index contributed by atoms with van der Waals surface area (Å²) in [6.07, 6.45) is 4.55. The van der Waals surface area contributed by atoms with Crippen LogP contribution in [0.4, 0.5) is 4.39 Å². The molecule has 21 heavy (non-hydrogen) atoms. The molecule has 1 fully saturated rings. The Balaban J connectivity index is 1.72. The summed E-state index contributed by atoms with van der Waals surface area (Å²) >= 11 is 0. The summed E-state index contributed by atoms with van der Waals surface area (Å²) < 4.78 is 39.2. The van der Waals surface area contributed by atoms with Gasteiger partial charge in [-0.05, 0) is 37.1 Å². The minimum absolute atomic E-state index is 0.125. The van der Waals surface area contributed by atoms with Gasteiger partial charge in [-0.2, -0.15) is 19.3 Å². The Kier molecular flexibility index (Phi) is 3.73. The van der Waals surface area contributed by atoms with Crippen LogP contribution in [-0.4, -0.2) is 40.8 Å². The molecule has 0 amide bonds. The number of sulfonamides is 1. The van der Waals surface area contributed by atoms with Gasteiger partial charge in [-0.1, -0.05) is 0 Å². The van der Waals surface area contributed by atoms with E-state index in [9.17, 15) is 12.8 Å². The molecule has 2 heterocycles. The lowest BCUT2D eigenvalue weighted by atomic mass is 10.1. The van der Waals surface area contributed by atoms with Crippen molar-refractivity contribution in [3.8, 4) is 0 Å². The van der Waals surface area contributed by atoms with Crippen molar-refractivity contribution < 1.29 is 12.8 Å². The second kappa shape index (κ2) is 5.53. The van der Waals surface area contributed by atoms with E-state index in [-0.39, 0.29) is 10.9 Å². The standard InChI is InChI=1S/C13H15FN4O2S/c14-11-1-3-13(4-2-11)21(19,20)17-9-5-12(6-10-17)18-15-7-8-16-18/h1-4,7-8,12H,5-6,9-10H2. The number of halogens is 1. The molecule has 1 aromatic carbocycles. The third-order valence-corrected chi connectivity index (χ3v) is 5.55. The average molecular weight is 310 g/mol. The maximum atomic E-state index is 12.9. The fraction of sp³-hybridized carbons (Fsp3) is 0.385. The Hall–Kier alpha value is -1.80. The van der Waals surface area contributed by atoms with Gasteiger partial charge in [0.15, 0.2) is 0 Å². The maximum Gasteiger partial charge on any atom is 0.243 e. The van der Waals surface area contributed by atoms with Gasteiger partial charge in [-0.25, -0.2) is 12.8 Å². The van der Waals surface area contributed by atoms with E-state index in [2.05, 4.69) is 10.2 Å². The summed E-state index contributed by atoms with van der Waals surface area (Å²) in [5.74, 6) is -0.447. The summed E-state index contributed by atoms with van der Waals surface area (Å²) in [5, 5.41) is 8.18. The Morgan fingerprint density at radius 3 is 2.19 bits per heavy atom. The Morgan fingerprint density at radius 2 is 1.62 bits per heavy atom. The molecule has 0 bridgehead atoms. The highest BCUT2D eigenvalue weighted by Gasteiger charge is 2.30. The first-order chi connectivity index (χ1) is 10.1. The van der Waals surface area contributed by atoms with E-state index in [1.54, 1.807) is 17.2 Å². The molecule has 0 saturated carbocycles. The van der Waals surface area contributed by atoms with Gasteiger partial charge < -0.3 is 0 Å². The summed E-state index contributed by atoms with van der Waals surface area (Å²) in [6.45, 7) is 0.817. The quantitative estimate of drug-likeness (QED) is 0.860. The highest BCUT2D eigenvalue weighted by atomic mass is 32.2. The van der Waals surface area contributed by atoms with Crippen molar-refractivity contribution in [1.29, 1.82) is 0 Å². The van der Waals surface area contributed by atoms with E-state index in [1.807, 2.05) is 0 Å². The largest absolute Gasteiger partial charge is 0.243 e. The molecule has 2 aromatic rings. The van der Waals surface area contributed by atoms with E-state index >= 15 is 0 Å². The lowest BCUT2D eigenvalue weighted by molar-refractivity contribution is 0.245. The van der Waals surface area contributed by atoms with Crippen molar-refractivity contribution in [2.24, 2.45) is 0 Å². The van der Waals surface area contributed by atoms with Crippen LogP contribution in [0.3, 0.4) is 0 Å². The van der Waals surface area contributed by atoms with Crippen molar-refractivity contribution in [3.05, 3.63) is 42.5 Å². The molecule has 3 rings (SSSR count). The zero-order valence-corrected chi connectivity index (χ0v) is 12.1. The highest BCUT2D eigenvalue weighted by Crippen LogP contribution is 2.25. The first-order valence-corrected chi connectivity index (χ1v) is 8.13. The molecule has 8 heteroatoms. The first-order valence-electron chi connectivity index (χ1n) is 6.69. The number of benzene rings is 1. The number of hydrogen-bond donors (Lipinski definition) is 0. The monoisotopic (exact) mass is 310 g/mol. The summed E-state index contributed by atoms with van der Waals surface area (Å²) in [6, 6.07) is 5.04. The molecule has 1 aliphatic rings. The topological polar surface area (TPSA) is 68.1 Å². The minimum atomic E-state index is -3.55. The molecular weight excluding hydrogens is 295 g/mol. The molecule has 0 unspecified atom stereocenters. The molecule has 0 spiro atoms. The second-order valence-corrected chi connectivity index (χ2v) is 6.88. The average Bonchev–Trinajstić information content (AvgIpc) is 3.02. The SMILES string of the molecule is O=S(=O)(c1ccc(F)cc1)N1CCC(n2nccn2)CC1. The van der Waals surface area contributed by atoms with Crippen LogP contribution >= 0.6 is 0 Å². The molecule has 1 aliphatic heterocycles. The van der Waals surface area contributed by atoms with E-state index in [0.717, 1.165) is 12.1 Å². The van der Waals surface area contributed by atoms with Crippen molar-refractivity contribution in [1.82, 2.24) is 19.3 Å². The number of rotatable bonds is 3. The lowest BCUT2D eigenvalue weighted by Gasteiger charge is -2.30. The molecule has 112 valence electrons. The smallest absolute Gasteiger partial charge is 0.207 e. The van der Waals surface area contributed by atoms with Gasteiger partial charge in [0.2, 0.25) is 10.0 Å². The normalized spacial score (nSPS) is 18.0. The number of nitrogens with zero attached hydrogens (tertiary/aromatic N) is 4. The van der Waals surface area contributed by atoms with Crippen LogP contribution in [-0.2, 0) is 10.0 Å². The zero-order chi connectivity index (χ0) is 14.9. The summed E-state index contributed by atoms with van der Waals surface area (Å²) in [5.41, 5.74) is 0. The van der Waals surface area contributed by atoms with Crippen LogP contribution in [0.1, 0.15) is 18.9 Å². The molecule has 0 radical (unpaired) electrons. The van der Waals surface area contributed by atoms with Gasteiger partial charge in [0.1, 0.15) is 5.82 Å². The molecule has 6 nitrogen and oxygen atoms in total. The Morgan fingerprint density at radius 1 is 1.05 bits per heavy atom. The predicted molar refractivity (Wildman–Crippen MR) is 73.5 cm³/mol. The first kappa shape index (κ1) is 14.2. The van der Waals surface area contributed by atoms with Crippen LogP contribution in [0.15, 0.2) is 41.6 Å². The number of piperidine rings is 1. The second-order valence-electron chi connectivity index (χ2n) is 4.94. The van der Waals surface area contributed by atoms with Crippen molar-refractivity contribution in [2.75, 3.05) is 13.1 Å². The van der Waals surface area contributed by atoms with E-state index in [4.69, 9.17) is 0 Å². The van der Waals surface area contributed by atoms with Crippen LogP contribution < -0.4 is 0 Å². The molecule has 0 N–H and O–H groups in total. The molecule has 1 saturated heterocycles. The van der Waals surface area contributed by atoms with E-state index < -0.39 is 15.8 Å². The molecule has 0 aliphatic carbocycles. The van der Waals surface area contributed by atoms with Gasteiger partial charge in [-0.3, -0.25) is 0 Å². The van der Waals surface area contributed by atoms with Crippen LogP contribution in [0.25, 0.3) is 0 Å². The third-order valence-electron chi connectivity index (χ3n) is 3.64. The number of aromatic nitrogens is 3. The zero-order valence-electron chi connectivity index (χ0n) is 11.3. The summed E-state index contributed by atoms with van der Waals surface area (Å²) in [7, 11) is -3.55. The van der Waals surface area contributed by atoms with Gasteiger partial charge in [0, 0.05) is 13.1 Å². The molecule has 0 atom stereocenters. The van der Waals surface area contributed by atoms with Crippen molar-refractivity contribution in [3.63, 3.8) is 0 Å². The Bertz CT molecular complexity index is 692. The van der Waals surface area contributed by atoms with Crippen LogP contribution in [0.2, 0.25) is 0 Å². The fourth-order valence-electron chi connectivity index (χ4n) is 2.48. The van der Waals surface area contributed by atoms with Gasteiger partial charge >= 0.3 is 0 Å². The van der Waals surface area contributed by atoms with Crippen LogP contribution in [0, 0.1) is 5.82 Å². The summed E-state index contributed by atoms with van der Waals surface area (Å²) in [4.78, 5) is 1.75. The van der Waals surface area contributed by atoms with E-state index in [1.165, 1.54) is 16.4 Å². The highest BCUT2D eigenvalue weighted by molar-refractivity contribution is 7.89. The van der Waals surface area contributed by atoms with Gasteiger partial charge in [0.05, 0.1) is 23.3 Å². The van der Waals surface area contributed by atoms with Gasteiger partial charge in [-0.15, -0.1) is 0 Å².